The van der Waals surface area contributed by atoms with E-state index in [0.717, 1.165) is 38.5 Å². The largest absolute Gasteiger partial charge is 1.00 e. The van der Waals surface area contributed by atoms with E-state index in [1.54, 1.807) is 0 Å². The number of hydrogen-bond donors (Lipinski definition) is 4. The van der Waals surface area contributed by atoms with Crippen LogP contribution in [0.2, 0.25) is 0 Å². The molecule has 11 atom stereocenters. The van der Waals surface area contributed by atoms with Gasteiger partial charge in [0.2, 0.25) is 5.91 Å². The molecule has 1 amide bonds. The monoisotopic (exact) mass is 503 g/mol. The molecular weight excluding hydrogens is 461 g/mol. The molecule has 188 valence electrons. The minimum absolute atomic E-state index is 0. The molecule has 4 rings (SSSR count). The molecule has 0 aromatic heterocycles. The molecule has 0 bridgehead atoms. The van der Waals surface area contributed by atoms with Crippen LogP contribution < -0.4 is 61.8 Å². The number of carbonyl (C=O) groups excluding carboxylic acids is 2. The smallest absolute Gasteiger partial charge is 0.548 e. The topological polar surface area (TPSA) is 130 Å². The molecule has 4 saturated carbocycles. The molecule has 0 aromatic rings. The van der Waals surface area contributed by atoms with Gasteiger partial charge in [0.15, 0.2) is 0 Å². The number of rotatable bonds is 6. The van der Waals surface area contributed by atoms with Crippen molar-refractivity contribution in [2.24, 2.45) is 46.3 Å². The van der Waals surface area contributed by atoms with Gasteiger partial charge < -0.3 is 30.5 Å². The van der Waals surface area contributed by atoms with E-state index in [2.05, 4.69) is 26.1 Å². The first-order chi connectivity index (χ1) is 15.5. The minimum Gasteiger partial charge on any atom is -0.548 e. The van der Waals surface area contributed by atoms with Gasteiger partial charge in [-0.3, -0.25) is 4.79 Å². The molecule has 0 heterocycles. The Morgan fingerprint density at radius 1 is 1.06 bits per heavy atom. The molecule has 0 spiro atoms. The van der Waals surface area contributed by atoms with Crippen molar-refractivity contribution in [3.8, 4) is 0 Å². The summed E-state index contributed by atoms with van der Waals surface area (Å²) in [6.07, 6.45) is 5.75. The number of aliphatic carboxylic acids is 1. The van der Waals surface area contributed by atoms with Crippen molar-refractivity contribution >= 4 is 11.9 Å². The number of hydrogen-bond acceptors (Lipinski definition) is 6. The van der Waals surface area contributed by atoms with E-state index < -0.39 is 18.6 Å². The number of nitrogens with one attached hydrogen (secondary N) is 1. The van der Waals surface area contributed by atoms with Crippen molar-refractivity contribution < 1.29 is 81.4 Å². The van der Waals surface area contributed by atoms with Crippen molar-refractivity contribution in [2.75, 3.05) is 6.54 Å². The summed E-state index contributed by atoms with van der Waals surface area (Å²) in [5.41, 5.74) is -0.230. The SMILES string of the molecule is C[C@H](CCC(=O)NCC(=O)[O-])[C@H]1CCC2C3C(C[C@H](O)[C@@]21C)[C@@]1(C)CC[C@@H](O)CC1C[C@H]3O.[K+]. The van der Waals surface area contributed by atoms with E-state index >= 15 is 0 Å². The Balaban J connectivity index is 0.00000324. The zero-order valence-electron chi connectivity index (χ0n) is 21.3. The number of amides is 1. The second-order valence-corrected chi connectivity index (χ2v) is 12.2. The third-order valence-electron chi connectivity index (χ3n) is 10.8. The molecule has 0 aromatic carbocycles. The zero-order valence-corrected chi connectivity index (χ0v) is 24.5. The van der Waals surface area contributed by atoms with Gasteiger partial charge in [-0.05, 0) is 97.7 Å². The van der Waals surface area contributed by atoms with Gasteiger partial charge in [0, 0.05) is 6.42 Å². The van der Waals surface area contributed by atoms with E-state index in [-0.39, 0.29) is 116 Å². The summed E-state index contributed by atoms with van der Waals surface area (Å²) in [6.45, 7) is 6.21. The molecule has 34 heavy (non-hydrogen) atoms. The van der Waals surface area contributed by atoms with Crippen molar-refractivity contribution in [3.05, 3.63) is 0 Å². The van der Waals surface area contributed by atoms with Crippen molar-refractivity contribution in [2.45, 2.75) is 96.9 Å². The van der Waals surface area contributed by atoms with Crippen LogP contribution in [0.1, 0.15) is 78.6 Å². The number of carboxylic acids is 1. The Morgan fingerprint density at radius 3 is 2.44 bits per heavy atom. The Hall–Kier alpha value is 0.456. The Morgan fingerprint density at radius 2 is 1.76 bits per heavy atom. The Labute approximate surface area is 246 Å². The molecule has 8 heteroatoms. The van der Waals surface area contributed by atoms with E-state index in [1.165, 1.54) is 0 Å². The zero-order chi connectivity index (χ0) is 24.1. The van der Waals surface area contributed by atoms with E-state index in [4.69, 9.17) is 0 Å². The van der Waals surface area contributed by atoms with Crippen LogP contribution in [0.3, 0.4) is 0 Å². The average Bonchev–Trinajstić information content (AvgIpc) is 3.11. The maximum atomic E-state index is 12.0. The van der Waals surface area contributed by atoms with Gasteiger partial charge in [0.25, 0.3) is 0 Å². The molecular formula is C26H42KNO6. The van der Waals surface area contributed by atoms with Crippen LogP contribution in [0.25, 0.3) is 0 Å². The number of carbonyl (C=O) groups is 2. The third kappa shape index (κ3) is 5.09. The summed E-state index contributed by atoms with van der Waals surface area (Å²) in [6, 6.07) is 0. The van der Waals surface area contributed by atoms with Crippen molar-refractivity contribution in [3.63, 3.8) is 0 Å². The Kier molecular flexibility index (Phi) is 9.44. The molecule has 0 aliphatic heterocycles. The Bertz CT molecular complexity index is 766. The maximum absolute atomic E-state index is 12.0. The van der Waals surface area contributed by atoms with E-state index in [0.29, 0.717) is 18.8 Å². The predicted molar refractivity (Wildman–Crippen MR) is 120 cm³/mol. The summed E-state index contributed by atoms with van der Waals surface area (Å²) in [7, 11) is 0. The van der Waals surface area contributed by atoms with Crippen molar-refractivity contribution in [1.29, 1.82) is 0 Å². The fourth-order valence-corrected chi connectivity index (χ4v) is 8.95. The van der Waals surface area contributed by atoms with Crippen molar-refractivity contribution in [1.82, 2.24) is 5.32 Å². The molecule has 0 radical (unpaired) electrons. The number of aliphatic hydroxyl groups excluding tert-OH is 3. The fraction of sp³-hybridized carbons (Fsp3) is 0.923. The molecule has 4 fully saturated rings. The standard InChI is InChI=1S/C26H43NO6.K/c1-14(4-7-22(31)27-13-23(32)33)17-5-6-18-24-19(12-21(30)26(17,18)3)25(2)9-8-16(28)10-15(25)11-20(24)29;/h14-21,24,28-30H,4-13H2,1-3H3,(H,27,31)(H,32,33);/q;+1/p-1/t14-,15?,16-,17-,18?,19?,20-,21+,24?,25+,26-;/m1./s1. The summed E-state index contributed by atoms with van der Waals surface area (Å²) in [5, 5.41) is 46.1. The molecule has 4 aliphatic carbocycles. The molecule has 7 nitrogen and oxygen atoms in total. The summed E-state index contributed by atoms with van der Waals surface area (Å²) < 4.78 is 0. The number of carboxylic acid groups (broad SMARTS) is 1. The normalized spacial score (nSPS) is 46.3. The number of fused-ring (bicyclic) bond motifs is 5. The van der Waals surface area contributed by atoms with E-state index in [1.807, 2.05) is 0 Å². The van der Waals surface area contributed by atoms with E-state index in [9.17, 15) is 30.0 Å². The summed E-state index contributed by atoms with van der Waals surface area (Å²) in [4.78, 5) is 22.6. The van der Waals surface area contributed by atoms with Gasteiger partial charge in [-0.1, -0.05) is 20.8 Å². The first-order valence-corrected chi connectivity index (χ1v) is 13.0. The van der Waals surface area contributed by atoms with Crippen LogP contribution in [-0.2, 0) is 9.59 Å². The second-order valence-electron chi connectivity index (χ2n) is 12.2. The van der Waals surface area contributed by atoms with Crippen LogP contribution in [0.4, 0.5) is 0 Å². The quantitative estimate of drug-likeness (QED) is 0.318. The van der Waals surface area contributed by atoms with Crippen LogP contribution in [0.15, 0.2) is 0 Å². The summed E-state index contributed by atoms with van der Waals surface area (Å²) in [5.74, 6) is -0.0789. The van der Waals surface area contributed by atoms with Gasteiger partial charge in [0.05, 0.1) is 30.8 Å². The van der Waals surface area contributed by atoms with Gasteiger partial charge in [-0.15, -0.1) is 0 Å². The van der Waals surface area contributed by atoms with Crippen LogP contribution in [0.5, 0.6) is 0 Å². The van der Waals surface area contributed by atoms with Gasteiger partial charge in [-0.25, -0.2) is 0 Å². The van der Waals surface area contributed by atoms with Crippen LogP contribution in [-0.4, -0.2) is 52.1 Å². The van der Waals surface area contributed by atoms with Crippen LogP contribution in [0, 0.1) is 46.3 Å². The number of aliphatic hydroxyl groups is 3. The van der Waals surface area contributed by atoms with Gasteiger partial charge >= 0.3 is 51.4 Å². The maximum Gasteiger partial charge on any atom is 1.00 e. The predicted octanol–water partition coefficient (Wildman–Crippen LogP) is -1.77. The third-order valence-corrected chi connectivity index (χ3v) is 10.8. The van der Waals surface area contributed by atoms with Crippen LogP contribution >= 0.6 is 0 Å². The fourth-order valence-electron chi connectivity index (χ4n) is 8.95. The molecule has 4 unspecified atom stereocenters. The molecule has 0 saturated heterocycles. The first-order valence-electron chi connectivity index (χ1n) is 13.0. The molecule has 4 aliphatic rings. The van der Waals surface area contributed by atoms with Gasteiger partial charge in [-0.2, -0.15) is 0 Å². The average molecular weight is 504 g/mol. The minimum atomic E-state index is -1.29. The summed E-state index contributed by atoms with van der Waals surface area (Å²) >= 11 is 0. The second kappa shape index (κ2) is 11.1. The molecule has 4 N–H and O–H groups in total. The van der Waals surface area contributed by atoms with Gasteiger partial charge in [0.1, 0.15) is 0 Å². The first kappa shape index (κ1) is 29.0.